The lowest BCUT2D eigenvalue weighted by Crippen LogP contribution is -1.87. The third kappa shape index (κ3) is 5.41. The highest BCUT2D eigenvalue weighted by molar-refractivity contribution is 8.13. The zero-order valence-electron chi connectivity index (χ0n) is 9.75. The Morgan fingerprint density at radius 2 is 2.24 bits per heavy atom. The highest BCUT2D eigenvalue weighted by Gasteiger charge is 1.98. The van der Waals surface area contributed by atoms with E-state index < -0.39 is 0 Å². The van der Waals surface area contributed by atoms with E-state index in [1.54, 1.807) is 6.07 Å². The molecule has 0 N–H and O–H groups in total. The summed E-state index contributed by atoms with van der Waals surface area (Å²) in [7, 11) is 1.48. The molecule has 0 bridgehead atoms. The first kappa shape index (κ1) is 13.6. The zero-order valence-corrected chi connectivity index (χ0v) is 10.6. The molecule has 0 aliphatic carbocycles. The molecular weight excluding hydrogens is 239 g/mol. The number of rotatable bonds is 3. The Balaban J connectivity index is 2.59. The van der Waals surface area contributed by atoms with Crippen LogP contribution >= 0.6 is 11.8 Å². The number of carbonyl (C=O) groups excluding carboxylic acids is 1. The van der Waals surface area contributed by atoms with E-state index in [4.69, 9.17) is 4.74 Å². The second-order valence-corrected chi connectivity index (χ2v) is 4.54. The standard InChI is InChI=1S/C13H13FO2S/c1-10(15)17-6-4-3-5-11-7-12(14)9-13(8-11)16-2/h7-9H,4,6H2,1-2H3. The van der Waals surface area contributed by atoms with Crippen molar-refractivity contribution in [2.75, 3.05) is 12.9 Å². The van der Waals surface area contributed by atoms with Crippen LogP contribution in [0.5, 0.6) is 5.75 Å². The van der Waals surface area contributed by atoms with E-state index in [1.807, 2.05) is 0 Å². The summed E-state index contributed by atoms with van der Waals surface area (Å²) in [4.78, 5) is 10.7. The van der Waals surface area contributed by atoms with E-state index in [-0.39, 0.29) is 10.9 Å². The van der Waals surface area contributed by atoms with Crippen molar-refractivity contribution in [1.29, 1.82) is 0 Å². The van der Waals surface area contributed by atoms with Gasteiger partial charge in [0, 0.05) is 30.7 Å². The summed E-state index contributed by atoms with van der Waals surface area (Å²) in [6.45, 7) is 1.52. The van der Waals surface area contributed by atoms with Gasteiger partial charge in [-0.1, -0.05) is 23.6 Å². The molecule has 4 heteroatoms. The minimum absolute atomic E-state index is 0.0826. The lowest BCUT2D eigenvalue weighted by molar-refractivity contribution is -0.109. The summed E-state index contributed by atoms with van der Waals surface area (Å²) in [6.07, 6.45) is 0.600. The molecule has 0 fully saturated rings. The molecule has 0 aliphatic rings. The lowest BCUT2D eigenvalue weighted by Gasteiger charge is -1.99. The van der Waals surface area contributed by atoms with E-state index in [0.29, 0.717) is 23.5 Å². The number of ether oxygens (including phenoxy) is 1. The van der Waals surface area contributed by atoms with Crippen molar-refractivity contribution in [2.45, 2.75) is 13.3 Å². The number of halogens is 1. The van der Waals surface area contributed by atoms with E-state index >= 15 is 0 Å². The second-order valence-electron chi connectivity index (χ2n) is 3.27. The minimum atomic E-state index is -0.369. The van der Waals surface area contributed by atoms with Crippen LogP contribution in [0.1, 0.15) is 18.9 Å². The fraction of sp³-hybridized carbons (Fsp3) is 0.308. The van der Waals surface area contributed by atoms with Gasteiger partial charge in [0.05, 0.1) is 7.11 Å². The van der Waals surface area contributed by atoms with Crippen molar-refractivity contribution in [2.24, 2.45) is 0 Å². The number of hydrogen-bond donors (Lipinski definition) is 0. The molecule has 1 aromatic carbocycles. The molecule has 17 heavy (non-hydrogen) atoms. The van der Waals surface area contributed by atoms with Crippen LogP contribution in [-0.4, -0.2) is 18.0 Å². The Bertz CT molecular complexity index is 460. The number of hydrogen-bond acceptors (Lipinski definition) is 3. The van der Waals surface area contributed by atoms with Gasteiger partial charge in [-0.15, -0.1) is 0 Å². The van der Waals surface area contributed by atoms with Gasteiger partial charge in [-0.25, -0.2) is 4.39 Å². The monoisotopic (exact) mass is 252 g/mol. The van der Waals surface area contributed by atoms with Gasteiger partial charge in [0.15, 0.2) is 5.12 Å². The first-order valence-corrected chi connectivity index (χ1v) is 6.07. The van der Waals surface area contributed by atoms with Crippen LogP contribution in [0, 0.1) is 17.7 Å². The SMILES string of the molecule is COc1cc(F)cc(C#CCCSC(C)=O)c1. The largest absolute Gasteiger partial charge is 0.497 e. The predicted molar refractivity (Wildman–Crippen MR) is 67.6 cm³/mol. The number of benzene rings is 1. The smallest absolute Gasteiger partial charge is 0.185 e. The van der Waals surface area contributed by atoms with Gasteiger partial charge in [-0.3, -0.25) is 4.79 Å². The molecule has 0 heterocycles. The molecule has 0 unspecified atom stereocenters. The quantitative estimate of drug-likeness (QED) is 0.611. The normalized spacial score (nSPS) is 9.35. The van der Waals surface area contributed by atoms with Gasteiger partial charge in [-0.2, -0.15) is 0 Å². The van der Waals surface area contributed by atoms with Crippen LogP contribution in [0.3, 0.4) is 0 Å². The molecule has 0 spiro atoms. The maximum absolute atomic E-state index is 13.1. The molecule has 2 nitrogen and oxygen atoms in total. The zero-order chi connectivity index (χ0) is 12.7. The van der Waals surface area contributed by atoms with E-state index in [1.165, 1.54) is 37.9 Å². The number of thioether (sulfide) groups is 1. The molecule has 0 saturated heterocycles. The third-order valence-corrected chi connectivity index (χ3v) is 2.69. The Morgan fingerprint density at radius 3 is 2.88 bits per heavy atom. The molecule has 90 valence electrons. The Labute approximate surface area is 105 Å². The highest BCUT2D eigenvalue weighted by Crippen LogP contribution is 2.15. The number of methoxy groups -OCH3 is 1. The molecular formula is C13H13FO2S. The van der Waals surface area contributed by atoms with Crippen LogP contribution in [0.25, 0.3) is 0 Å². The van der Waals surface area contributed by atoms with Crippen LogP contribution in [0.2, 0.25) is 0 Å². The molecule has 0 radical (unpaired) electrons. The predicted octanol–water partition coefficient (Wildman–Crippen LogP) is 2.86. The van der Waals surface area contributed by atoms with Crippen molar-refractivity contribution in [3.05, 3.63) is 29.6 Å². The van der Waals surface area contributed by atoms with Crippen molar-refractivity contribution in [1.82, 2.24) is 0 Å². The molecule has 1 rings (SSSR count). The molecule has 0 atom stereocenters. The van der Waals surface area contributed by atoms with Crippen molar-refractivity contribution in [3.8, 4) is 17.6 Å². The molecule has 0 amide bonds. The van der Waals surface area contributed by atoms with Crippen LogP contribution in [0.15, 0.2) is 18.2 Å². The van der Waals surface area contributed by atoms with E-state index in [2.05, 4.69) is 11.8 Å². The highest BCUT2D eigenvalue weighted by atomic mass is 32.2. The summed E-state index contributed by atoms with van der Waals surface area (Å²) in [6, 6.07) is 4.33. The summed E-state index contributed by atoms with van der Waals surface area (Å²) in [5, 5.41) is 0.0826. The fourth-order valence-electron chi connectivity index (χ4n) is 1.16. The average Bonchev–Trinajstić information content (AvgIpc) is 2.27. The summed E-state index contributed by atoms with van der Waals surface area (Å²) in [5.41, 5.74) is 0.578. The van der Waals surface area contributed by atoms with Gasteiger partial charge in [0.2, 0.25) is 0 Å². The second kappa shape index (κ2) is 6.97. The van der Waals surface area contributed by atoms with Crippen molar-refractivity contribution >= 4 is 16.9 Å². The van der Waals surface area contributed by atoms with Crippen LogP contribution in [0.4, 0.5) is 4.39 Å². The van der Waals surface area contributed by atoms with Crippen LogP contribution < -0.4 is 4.74 Å². The first-order valence-electron chi connectivity index (χ1n) is 5.08. The first-order chi connectivity index (χ1) is 8.11. The molecule has 1 aromatic rings. The number of carbonyl (C=O) groups is 1. The van der Waals surface area contributed by atoms with Crippen molar-refractivity contribution < 1.29 is 13.9 Å². The lowest BCUT2D eigenvalue weighted by atomic mass is 10.2. The fourth-order valence-corrected chi connectivity index (χ4v) is 1.65. The van der Waals surface area contributed by atoms with Gasteiger partial charge >= 0.3 is 0 Å². The topological polar surface area (TPSA) is 26.3 Å². The van der Waals surface area contributed by atoms with Gasteiger partial charge < -0.3 is 4.74 Å². The summed E-state index contributed by atoms with van der Waals surface area (Å²) < 4.78 is 18.0. The third-order valence-electron chi connectivity index (χ3n) is 1.87. The maximum atomic E-state index is 13.1. The Hall–Kier alpha value is -1.47. The Morgan fingerprint density at radius 1 is 1.47 bits per heavy atom. The Kier molecular flexibility index (Phi) is 5.58. The van der Waals surface area contributed by atoms with Crippen LogP contribution in [-0.2, 0) is 4.79 Å². The molecule has 0 aliphatic heterocycles. The van der Waals surface area contributed by atoms with Crippen molar-refractivity contribution in [3.63, 3.8) is 0 Å². The maximum Gasteiger partial charge on any atom is 0.185 e. The van der Waals surface area contributed by atoms with E-state index in [0.717, 1.165) is 0 Å². The molecule has 0 aromatic heterocycles. The summed E-state index contributed by atoms with van der Waals surface area (Å²) in [5.74, 6) is 6.47. The average molecular weight is 252 g/mol. The van der Waals surface area contributed by atoms with Gasteiger partial charge in [-0.05, 0) is 12.1 Å². The minimum Gasteiger partial charge on any atom is -0.497 e. The summed E-state index contributed by atoms with van der Waals surface area (Å²) >= 11 is 1.24. The van der Waals surface area contributed by atoms with Gasteiger partial charge in [0.1, 0.15) is 11.6 Å². The van der Waals surface area contributed by atoms with Gasteiger partial charge in [0.25, 0.3) is 0 Å². The van der Waals surface area contributed by atoms with E-state index in [9.17, 15) is 9.18 Å². The molecule has 0 saturated carbocycles.